The summed E-state index contributed by atoms with van der Waals surface area (Å²) in [6.07, 6.45) is -6.59. The molecule has 1 aliphatic rings. The Kier molecular flexibility index (Phi) is 8.28. The third-order valence-electron chi connectivity index (χ3n) is 6.22. The Morgan fingerprint density at radius 1 is 0.972 bits per heavy atom. The summed E-state index contributed by atoms with van der Waals surface area (Å²) < 4.78 is 19.4. The van der Waals surface area contributed by atoms with Crippen LogP contribution >= 0.6 is 0 Å². The van der Waals surface area contributed by atoms with Crippen LogP contribution in [0, 0.1) is 0 Å². The fourth-order valence-corrected chi connectivity index (χ4v) is 4.39. The largest absolute Gasteiger partial charge is 0.494 e. The molecule has 2 aromatic carbocycles. The molecule has 1 aliphatic heterocycles. The minimum Gasteiger partial charge on any atom is -0.494 e. The Labute approximate surface area is 210 Å². The highest BCUT2D eigenvalue weighted by molar-refractivity contribution is 5.67. The van der Waals surface area contributed by atoms with Gasteiger partial charge in [-0.3, -0.25) is 4.68 Å². The second-order valence-electron chi connectivity index (χ2n) is 9.07. The van der Waals surface area contributed by atoms with Crippen LogP contribution in [0.2, 0.25) is 0 Å². The van der Waals surface area contributed by atoms with E-state index in [0.29, 0.717) is 13.0 Å². The predicted octanol–water partition coefficient (Wildman–Crippen LogP) is 2.30. The zero-order chi connectivity index (χ0) is 25.8. The lowest BCUT2D eigenvalue weighted by Gasteiger charge is -2.39. The van der Waals surface area contributed by atoms with Gasteiger partial charge in [0.25, 0.3) is 0 Å². The van der Waals surface area contributed by atoms with E-state index in [4.69, 9.17) is 19.3 Å². The number of hydrogen-bond donors (Lipinski definition) is 4. The maximum absolute atomic E-state index is 10.6. The summed E-state index contributed by atoms with van der Waals surface area (Å²) >= 11 is 0. The van der Waals surface area contributed by atoms with Gasteiger partial charge in [0.15, 0.2) is 0 Å². The number of hydrogen-bond acceptors (Lipinski definition) is 8. The summed E-state index contributed by atoms with van der Waals surface area (Å²) in [7, 11) is 0. The Bertz CT molecular complexity index is 1130. The molecule has 0 bridgehead atoms. The van der Waals surface area contributed by atoms with Crippen molar-refractivity contribution in [2.75, 3.05) is 13.2 Å². The van der Waals surface area contributed by atoms with Gasteiger partial charge in [-0.25, -0.2) is 0 Å². The van der Waals surface area contributed by atoms with Crippen LogP contribution in [0.1, 0.15) is 37.9 Å². The number of aliphatic hydroxyl groups is 4. The third kappa shape index (κ3) is 5.25. The van der Waals surface area contributed by atoms with Crippen molar-refractivity contribution in [1.82, 2.24) is 9.78 Å². The second kappa shape index (κ2) is 11.4. The van der Waals surface area contributed by atoms with Crippen molar-refractivity contribution >= 4 is 0 Å². The summed E-state index contributed by atoms with van der Waals surface area (Å²) in [6.45, 7) is 5.91. The molecular weight excluding hydrogens is 464 g/mol. The SMILES string of the molecule is CCOc1ccccc1Cc1c(O[C@@H]2O[C@H](CO)[C@@H](O)[C@H](O)[C@H]2O)nn(C(C)C)c1-c1ccccc1. The molecule has 0 saturated carbocycles. The molecule has 5 atom stereocenters. The van der Waals surface area contributed by atoms with E-state index in [-0.39, 0.29) is 11.9 Å². The standard InChI is InChI=1S/C27H34N2O7/c1-4-34-20-13-9-8-12-18(20)14-19-22(17-10-6-5-7-11-17)29(16(2)3)28-26(19)36-27-25(33)24(32)23(31)21(15-30)35-27/h5-13,16,21,23-25,27,30-33H,4,14-15H2,1-3H3/t21-,23-,24+,25-,27+/m1/s1. The molecule has 2 heterocycles. The predicted molar refractivity (Wildman–Crippen MR) is 133 cm³/mol. The van der Waals surface area contributed by atoms with Gasteiger partial charge in [0.1, 0.15) is 30.2 Å². The van der Waals surface area contributed by atoms with Crippen molar-refractivity contribution in [2.24, 2.45) is 0 Å². The van der Waals surface area contributed by atoms with Crippen LogP contribution in [-0.4, -0.2) is 74.1 Å². The monoisotopic (exact) mass is 498 g/mol. The maximum Gasteiger partial charge on any atom is 0.239 e. The van der Waals surface area contributed by atoms with Gasteiger partial charge in [-0.1, -0.05) is 48.5 Å². The van der Waals surface area contributed by atoms with Crippen LogP contribution < -0.4 is 9.47 Å². The van der Waals surface area contributed by atoms with Gasteiger partial charge in [-0.15, -0.1) is 5.10 Å². The molecule has 0 amide bonds. The minimum atomic E-state index is -1.55. The fourth-order valence-electron chi connectivity index (χ4n) is 4.39. The first kappa shape index (κ1) is 26.1. The molecule has 194 valence electrons. The molecule has 0 aliphatic carbocycles. The lowest BCUT2D eigenvalue weighted by Crippen LogP contribution is -2.60. The molecule has 1 fully saturated rings. The van der Waals surface area contributed by atoms with Gasteiger partial charge in [-0.05, 0) is 32.4 Å². The molecular formula is C27H34N2O7. The van der Waals surface area contributed by atoms with E-state index in [1.165, 1.54) is 0 Å². The quantitative estimate of drug-likeness (QED) is 0.354. The summed E-state index contributed by atoms with van der Waals surface area (Å²) in [4.78, 5) is 0. The Hall–Kier alpha value is -2.95. The molecule has 9 heteroatoms. The van der Waals surface area contributed by atoms with E-state index in [9.17, 15) is 20.4 Å². The van der Waals surface area contributed by atoms with Crippen LogP contribution in [0.15, 0.2) is 54.6 Å². The Morgan fingerprint density at radius 3 is 2.33 bits per heavy atom. The number of rotatable bonds is 9. The fraction of sp³-hybridized carbons (Fsp3) is 0.444. The number of para-hydroxylation sites is 1. The molecule has 36 heavy (non-hydrogen) atoms. The third-order valence-corrected chi connectivity index (χ3v) is 6.22. The molecule has 0 radical (unpaired) electrons. The normalized spacial score (nSPS) is 24.2. The average molecular weight is 499 g/mol. The summed E-state index contributed by atoms with van der Waals surface area (Å²) in [5.74, 6) is 0.966. The van der Waals surface area contributed by atoms with Crippen LogP contribution in [0.5, 0.6) is 11.6 Å². The van der Waals surface area contributed by atoms with E-state index in [2.05, 4.69) is 0 Å². The van der Waals surface area contributed by atoms with E-state index in [1.54, 1.807) is 0 Å². The van der Waals surface area contributed by atoms with Crippen molar-refractivity contribution in [3.63, 3.8) is 0 Å². The number of benzene rings is 2. The smallest absolute Gasteiger partial charge is 0.239 e. The minimum absolute atomic E-state index is 0.0201. The highest BCUT2D eigenvalue weighted by Crippen LogP contribution is 2.37. The van der Waals surface area contributed by atoms with Crippen LogP contribution in [0.3, 0.4) is 0 Å². The number of ether oxygens (including phenoxy) is 3. The zero-order valence-corrected chi connectivity index (χ0v) is 20.7. The molecule has 4 N–H and O–H groups in total. The van der Waals surface area contributed by atoms with Gasteiger partial charge in [0.2, 0.25) is 12.2 Å². The van der Waals surface area contributed by atoms with Gasteiger partial charge in [0.05, 0.1) is 18.9 Å². The van der Waals surface area contributed by atoms with Crippen LogP contribution in [0.25, 0.3) is 11.3 Å². The molecule has 9 nitrogen and oxygen atoms in total. The first-order valence-corrected chi connectivity index (χ1v) is 12.2. The topological polar surface area (TPSA) is 126 Å². The van der Waals surface area contributed by atoms with E-state index < -0.39 is 37.3 Å². The lowest BCUT2D eigenvalue weighted by atomic mass is 9.99. The number of nitrogens with zero attached hydrogens (tertiary/aromatic N) is 2. The summed E-state index contributed by atoms with van der Waals surface area (Å²) in [5.41, 5.74) is 3.46. The Balaban J connectivity index is 1.82. The van der Waals surface area contributed by atoms with E-state index in [0.717, 1.165) is 28.1 Å². The number of aliphatic hydroxyl groups excluding tert-OH is 4. The van der Waals surface area contributed by atoms with Gasteiger partial charge in [0, 0.05) is 23.6 Å². The van der Waals surface area contributed by atoms with E-state index >= 15 is 0 Å². The zero-order valence-electron chi connectivity index (χ0n) is 20.7. The summed E-state index contributed by atoms with van der Waals surface area (Å²) in [5, 5.41) is 45.3. The van der Waals surface area contributed by atoms with Crippen molar-refractivity contribution in [2.45, 2.75) is 63.9 Å². The Morgan fingerprint density at radius 2 is 1.67 bits per heavy atom. The van der Waals surface area contributed by atoms with Crippen LogP contribution in [0.4, 0.5) is 0 Å². The van der Waals surface area contributed by atoms with Gasteiger partial charge >= 0.3 is 0 Å². The molecule has 1 saturated heterocycles. The highest BCUT2D eigenvalue weighted by Gasteiger charge is 2.45. The maximum atomic E-state index is 10.6. The molecule has 4 rings (SSSR count). The van der Waals surface area contributed by atoms with Crippen molar-refractivity contribution < 1.29 is 34.6 Å². The molecule has 0 spiro atoms. The first-order valence-electron chi connectivity index (χ1n) is 12.2. The average Bonchev–Trinajstić information content (AvgIpc) is 3.24. The van der Waals surface area contributed by atoms with Crippen molar-refractivity contribution in [3.8, 4) is 22.9 Å². The number of aromatic nitrogens is 2. The summed E-state index contributed by atoms with van der Waals surface area (Å²) in [6, 6.07) is 17.5. The first-order chi connectivity index (χ1) is 17.3. The van der Waals surface area contributed by atoms with Crippen molar-refractivity contribution in [1.29, 1.82) is 0 Å². The van der Waals surface area contributed by atoms with Gasteiger partial charge < -0.3 is 34.6 Å². The second-order valence-corrected chi connectivity index (χ2v) is 9.07. The van der Waals surface area contributed by atoms with Crippen molar-refractivity contribution in [3.05, 3.63) is 65.7 Å². The lowest BCUT2D eigenvalue weighted by molar-refractivity contribution is -0.278. The highest BCUT2D eigenvalue weighted by atomic mass is 16.7. The van der Waals surface area contributed by atoms with E-state index in [1.807, 2.05) is 80.1 Å². The van der Waals surface area contributed by atoms with Crippen LogP contribution in [-0.2, 0) is 11.2 Å². The van der Waals surface area contributed by atoms with Gasteiger partial charge in [-0.2, -0.15) is 0 Å². The molecule has 0 unspecified atom stereocenters. The molecule has 3 aromatic rings. The molecule has 1 aromatic heterocycles.